The zero-order valence-electron chi connectivity index (χ0n) is 13.5. The summed E-state index contributed by atoms with van der Waals surface area (Å²) in [5, 5.41) is 12.3. The molecule has 1 saturated carbocycles. The molecule has 132 valence electrons. The van der Waals surface area contributed by atoms with Crippen LogP contribution in [0.5, 0.6) is 5.75 Å². The van der Waals surface area contributed by atoms with E-state index in [1.807, 2.05) is 0 Å². The number of halogens is 1. The molecule has 0 unspecified atom stereocenters. The molecule has 1 aliphatic rings. The number of carbonyl (C=O) groups is 2. The summed E-state index contributed by atoms with van der Waals surface area (Å²) in [4.78, 5) is 27.9. The van der Waals surface area contributed by atoms with E-state index in [4.69, 9.17) is 9.84 Å². The van der Waals surface area contributed by atoms with Gasteiger partial charge in [0.25, 0.3) is 5.91 Å². The fourth-order valence-corrected chi connectivity index (χ4v) is 3.47. The van der Waals surface area contributed by atoms with Crippen LogP contribution in [-0.2, 0) is 11.4 Å². The van der Waals surface area contributed by atoms with Gasteiger partial charge >= 0.3 is 5.97 Å². The van der Waals surface area contributed by atoms with Gasteiger partial charge in [0.05, 0.1) is 11.6 Å². The molecule has 1 aromatic carbocycles. The molecular weight excluding hydrogens is 347 g/mol. The normalized spacial score (nSPS) is 19.1. The Labute approximate surface area is 147 Å². The Morgan fingerprint density at radius 1 is 1.36 bits per heavy atom. The highest BCUT2D eigenvalue weighted by molar-refractivity contribution is 7.13. The van der Waals surface area contributed by atoms with Crippen molar-refractivity contribution in [1.29, 1.82) is 0 Å². The Morgan fingerprint density at radius 3 is 2.68 bits per heavy atom. The molecule has 3 rings (SSSR count). The highest BCUT2D eigenvalue weighted by atomic mass is 32.1. The number of ether oxygens (including phenoxy) is 1. The summed E-state index contributed by atoms with van der Waals surface area (Å²) in [7, 11) is 0. The number of benzene rings is 1. The van der Waals surface area contributed by atoms with Gasteiger partial charge in [0.1, 0.15) is 28.1 Å². The molecule has 0 spiro atoms. The van der Waals surface area contributed by atoms with E-state index in [1.54, 1.807) is 6.92 Å². The zero-order chi connectivity index (χ0) is 18.0. The number of aliphatic carboxylic acids is 1. The van der Waals surface area contributed by atoms with E-state index in [0.29, 0.717) is 34.2 Å². The number of aromatic nitrogens is 1. The largest absolute Gasteiger partial charge is 0.486 e. The first-order valence-corrected chi connectivity index (χ1v) is 8.62. The lowest BCUT2D eigenvalue weighted by atomic mass is 9.80. The van der Waals surface area contributed by atoms with E-state index in [1.165, 1.54) is 35.6 Å². The van der Waals surface area contributed by atoms with Gasteiger partial charge in [0.2, 0.25) is 0 Å². The van der Waals surface area contributed by atoms with Crippen LogP contribution in [0.3, 0.4) is 0 Å². The number of nitrogens with zero attached hydrogens (tertiary/aromatic N) is 1. The fourth-order valence-electron chi connectivity index (χ4n) is 2.59. The van der Waals surface area contributed by atoms with Crippen molar-refractivity contribution in [2.24, 2.45) is 5.92 Å². The standard InChI is InChI=1S/C17H17FN2O4S/c1-9-15(16(21)20-12-6-10(7-12)17(22)23)25-14(19-9)8-24-13-4-2-11(18)3-5-13/h2-5,10,12H,6-8H2,1H3,(H,20,21)(H,22,23). The minimum absolute atomic E-state index is 0.103. The number of thiazole rings is 1. The Bertz CT molecular complexity index is 784. The quantitative estimate of drug-likeness (QED) is 0.823. The minimum Gasteiger partial charge on any atom is -0.486 e. The summed E-state index contributed by atoms with van der Waals surface area (Å²) in [5.74, 6) is -1.24. The van der Waals surface area contributed by atoms with Gasteiger partial charge in [-0.15, -0.1) is 11.3 Å². The number of carboxylic acids is 1. The monoisotopic (exact) mass is 364 g/mol. The Hall–Kier alpha value is -2.48. The molecule has 0 bridgehead atoms. The van der Waals surface area contributed by atoms with Crippen LogP contribution >= 0.6 is 11.3 Å². The lowest BCUT2D eigenvalue weighted by Crippen LogP contribution is -2.46. The molecular formula is C17H17FN2O4S. The van der Waals surface area contributed by atoms with Gasteiger partial charge in [-0.1, -0.05) is 0 Å². The maximum Gasteiger partial charge on any atom is 0.306 e. The number of hydrogen-bond acceptors (Lipinski definition) is 5. The van der Waals surface area contributed by atoms with Gasteiger partial charge in [-0.25, -0.2) is 9.37 Å². The average Bonchev–Trinajstić information content (AvgIpc) is 2.90. The van der Waals surface area contributed by atoms with Crippen molar-refractivity contribution < 1.29 is 23.8 Å². The fraction of sp³-hybridized carbons (Fsp3) is 0.353. The van der Waals surface area contributed by atoms with Crippen LogP contribution in [0.1, 0.15) is 33.2 Å². The third-order valence-corrected chi connectivity index (χ3v) is 5.18. The number of hydrogen-bond donors (Lipinski definition) is 2. The molecule has 1 aliphatic carbocycles. The van der Waals surface area contributed by atoms with E-state index >= 15 is 0 Å². The lowest BCUT2D eigenvalue weighted by Gasteiger charge is -2.32. The topological polar surface area (TPSA) is 88.5 Å². The average molecular weight is 364 g/mol. The second kappa shape index (κ2) is 7.18. The van der Waals surface area contributed by atoms with E-state index in [0.717, 1.165) is 0 Å². The predicted molar refractivity (Wildman–Crippen MR) is 89.2 cm³/mol. The molecule has 1 amide bonds. The molecule has 0 aliphatic heterocycles. The lowest BCUT2D eigenvalue weighted by molar-refractivity contribution is -0.145. The van der Waals surface area contributed by atoms with Crippen molar-refractivity contribution in [3.8, 4) is 5.75 Å². The van der Waals surface area contributed by atoms with Crippen molar-refractivity contribution >= 4 is 23.2 Å². The van der Waals surface area contributed by atoms with Gasteiger partial charge in [0, 0.05) is 6.04 Å². The number of aryl methyl sites for hydroxylation is 1. The van der Waals surface area contributed by atoms with Crippen molar-refractivity contribution in [3.63, 3.8) is 0 Å². The molecule has 2 aromatic rings. The molecule has 8 heteroatoms. The van der Waals surface area contributed by atoms with Crippen LogP contribution < -0.4 is 10.1 Å². The SMILES string of the molecule is Cc1nc(COc2ccc(F)cc2)sc1C(=O)NC1CC(C(=O)O)C1. The summed E-state index contributed by atoms with van der Waals surface area (Å²) in [6.45, 7) is 1.93. The van der Waals surface area contributed by atoms with Crippen molar-refractivity contribution in [2.75, 3.05) is 0 Å². The van der Waals surface area contributed by atoms with Gasteiger partial charge in [-0.3, -0.25) is 9.59 Å². The highest BCUT2D eigenvalue weighted by Gasteiger charge is 2.35. The van der Waals surface area contributed by atoms with Crippen LogP contribution in [0.2, 0.25) is 0 Å². The van der Waals surface area contributed by atoms with Crippen LogP contribution in [0.4, 0.5) is 4.39 Å². The summed E-state index contributed by atoms with van der Waals surface area (Å²) in [6, 6.07) is 5.57. The molecule has 2 N–H and O–H groups in total. The number of carboxylic acid groups (broad SMARTS) is 1. The number of carbonyl (C=O) groups excluding carboxylic acids is 1. The Kier molecular flexibility index (Phi) is 4.98. The summed E-state index contributed by atoms with van der Waals surface area (Å²) in [5.41, 5.74) is 0.606. The summed E-state index contributed by atoms with van der Waals surface area (Å²) >= 11 is 1.24. The molecule has 1 aromatic heterocycles. The van der Waals surface area contributed by atoms with Crippen molar-refractivity contribution in [2.45, 2.75) is 32.4 Å². The van der Waals surface area contributed by atoms with Crippen molar-refractivity contribution in [1.82, 2.24) is 10.3 Å². The second-order valence-electron chi connectivity index (χ2n) is 5.94. The first-order chi connectivity index (χ1) is 11.9. The van der Waals surface area contributed by atoms with E-state index in [2.05, 4.69) is 10.3 Å². The maximum atomic E-state index is 12.9. The third kappa shape index (κ3) is 4.14. The summed E-state index contributed by atoms with van der Waals surface area (Å²) < 4.78 is 18.4. The molecule has 1 fully saturated rings. The van der Waals surface area contributed by atoms with Gasteiger partial charge in [-0.2, -0.15) is 0 Å². The minimum atomic E-state index is -0.820. The first kappa shape index (κ1) is 17.3. The van der Waals surface area contributed by atoms with Gasteiger partial charge in [-0.05, 0) is 44.0 Å². The van der Waals surface area contributed by atoms with Crippen LogP contribution in [0.25, 0.3) is 0 Å². The zero-order valence-corrected chi connectivity index (χ0v) is 14.3. The number of amides is 1. The second-order valence-corrected chi connectivity index (χ2v) is 7.03. The van der Waals surface area contributed by atoms with Crippen LogP contribution in [-0.4, -0.2) is 28.0 Å². The van der Waals surface area contributed by atoms with E-state index in [9.17, 15) is 14.0 Å². The molecule has 25 heavy (non-hydrogen) atoms. The molecule has 0 radical (unpaired) electrons. The predicted octanol–water partition coefficient (Wildman–Crippen LogP) is 2.76. The number of nitrogens with one attached hydrogen (secondary N) is 1. The van der Waals surface area contributed by atoms with Crippen LogP contribution in [0, 0.1) is 18.7 Å². The van der Waals surface area contributed by atoms with Gasteiger partial charge in [0.15, 0.2) is 0 Å². The van der Waals surface area contributed by atoms with Crippen LogP contribution in [0.15, 0.2) is 24.3 Å². The van der Waals surface area contributed by atoms with Crippen molar-refractivity contribution in [3.05, 3.63) is 45.7 Å². The molecule has 6 nitrogen and oxygen atoms in total. The Balaban J connectivity index is 1.55. The maximum absolute atomic E-state index is 12.9. The summed E-state index contributed by atoms with van der Waals surface area (Å²) in [6.07, 6.45) is 0.916. The smallest absolute Gasteiger partial charge is 0.306 e. The first-order valence-electron chi connectivity index (χ1n) is 7.80. The molecule has 0 saturated heterocycles. The van der Waals surface area contributed by atoms with E-state index < -0.39 is 5.97 Å². The van der Waals surface area contributed by atoms with E-state index in [-0.39, 0.29) is 30.3 Å². The number of rotatable bonds is 6. The Morgan fingerprint density at radius 2 is 2.04 bits per heavy atom. The highest BCUT2D eigenvalue weighted by Crippen LogP contribution is 2.28. The third-order valence-electron chi connectivity index (χ3n) is 4.05. The van der Waals surface area contributed by atoms with Gasteiger partial charge < -0.3 is 15.2 Å². The molecule has 0 atom stereocenters. The molecule has 1 heterocycles.